The molecule has 1 saturated heterocycles. The van der Waals surface area contributed by atoms with Crippen molar-refractivity contribution in [3.05, 3.63) is 35.6 Å². The summed E-state index contributed by atoms with van der Waals surface area (Å²) in [6.07, 6.45) is 1.49. The van der Waals surface area contributed by atoms with Crippen LogP contribution in [0.2, 0.25) is 0 Å². The minimum absolute atomic E-state index is 0.129. The Kier molecular flexibility index (Phi) is 4.05. The maximum atomic E-state index is 12.2. The van der Waals surface area contributed by atoms with Crippen LogP contribution in [0.4, 0.5) is 0 Å². The Balaban J connectivity index is 1.86. The molecule has 8 nitrogen and oxygen atoms in total. The van der Waals surface area contributed by atoms with Crippen LogP contribution in [0.5, 0.6) is 0 Å². The van der Waals surface area contributed by atoms with Crippen LogP contribution in [0.1, 0.15) is 12.7 Å². The number of carbonyl (C=O) groups is 2. The number of thioether (sulfide) groups is 1. The summed E-state index contributed by atoms with van der Waals surface area (Å²) in [4.78, 5) is 23.6. The maximum Gasteiger partial charge on any atom is 0.342 e. The summed E-state index contributed by atoms with van der Waals surface area (Å²) >= 11 is 1.28. The van der Waals surface area contributed by atoms with Gasteiger partial charge in [0.15, 0.2) is 5.76 Å². The number of esters is 1. The van der Waals surface area contributed by atoms with Gasteiger partial charge in [-0.15, -0.1) is 16.9 Å². The second kappa shape index (κ2) is 6.14. The standard InChI is InChI=1S/C13H13N3O5S/c1-2-19-13(18)9(12-14-8(17)6-22-12)11-16-15-10(21-11)7-4-3-5-20-7/h3-5,12,16H,2,6H2,1H3,(H,14,17)/b11-9-/t12-/m0/s1. The van der Waals surface area contributed by atoms with E-state index >= 15 is 0 Å². The number of carbonyl (C=O) groups excluding carboxylic acids is 2. The van der Waals surface area contributed by atoms with Gasteiger partial charge in [-0.2, -0.15) is 0 Å². The van der Waals surface area contributed by atoms with Crippen molar-refractivity contribution < 1.29 is 23.5 Å². The Labute approximate surface area is 129 Å². The van der Waals surface area contributed by atoms with E-state index < -0.39 is 11.3 Å². The fourth-order valence-electron chi connectivity index (χ4n) is 1.94. The average Bonchev–Trinajstić information content (AvgIpc) is 3.20. The molecule has 0 aromatic carbocycles. The molecule has 1 atom stereocenters. The monoisotopic (exact) mass is 323 g/mol. The van der Waals surface area contributed by atoms with E-state index in [-0.39, 0.29) is 35.6 Å². The molecule has 0 bridgehead atoms. The van der Waals surface area contributed by atoms with Gasteiger partial charge in [0.1, 0.15) is 10.9 Å². The first-order valence-corrected chi connectivity index (χ1v) is 7.61. The quantitative estimate of drug-likeness (QED) is 0.615. The maximum absolute atomic E-state index is 12.2. The second-order valence-electron chi connectivity index (χ2n) is 4.33. The normalized spacial score (nSPS) is 22.5. The molecular formula is C13H13N3O5S. The lowest BCUT2D eigenvalue weighted by atomic mass is 10.2. The molecule has 0 unspecified atom stereocenters. The first-order valence-electron chi connectivity index (χ1n) is 6.56. The lowest BCUT2D eigenvalue weighted by molar-refractivity contribution is -0.138. The second-order valence-corrected chi connectivity index (χ2v) is 5.42. The smallest absolute Gasteiger partial charge is 0.342 e. The zero-order chi connectivity index (χ0) is 15.5. The molecule has 1 amide bonds. The van der Waals surface area contributed by atoms with Gasteiger partial charge in [-0.25, -0.2) is 10.2 Å². The fraction of sp³-hybridized carbons (Fsp3) is 0.308. The number of amides is 1. The van der Waals surface area contributed by atoms with Gasteiger partial charge >= 0.3 is 5.97 Å². The minimum Gasteiger partial charge on any atom is -0.462 e. The van der Waals surface area contributed by atoms with Crippen molar-refractivity contribution in [3.63, 3.8) is 0 Å². The summed E-state index contributed by atoms with van der Waals surface area (Å²) in [7, 11) is 0. The summed E-state index contributed by atoms with van der Waals surface area (Å²) in [6, 6.07) is 3.38. The molecule has 0 spiro atoms. The lowest BCUT2D eigenvalue weighted by Crippen LogP contribution is -2.32. The SMILES string of the molecule is CCOC(=O)/C(=C1/NN=C(c2ccco2)O1)[C@H]1NC(=O)CS1. The molecule has 1 fully saturated rings. The van der Waals surface area contributed by atoms with Crippen LogP contribution in [0.3, 0.4) is 0 Å². The number of rotatable bonds is 4. The number of hydrogen-bond acceptors (Lipinski definition) is 8. The third-order valence-corrected chi connectivity index (χ3v) is 3.98. The first-order chi connectivity index (χ1) is 10.7. The molecule has 1 aromatic heterocycles. The highest BCUT2D eigenvalue weighted by atomic mass is 32.2. The van der Waals surface area contributed by atoms with E-state index in [1.165, 1.54) is 18.0 Å². The molecule has 116 valence electrons. The van der Waals surface area contributed by atoms with E-state index in [9.17, 15) is 9.59 Å². The van der Waals surface area contributed by atoms with Gasteiger partial charge in [0.2, 0.25) is 11.8 Å². The lowest BCUT2D eigenvalue weighted by Gasteiger charge is -2.14. The number of hydrazone groups is 1. The third kappa shape index (κ3) is 2.80. The third-order valence-electron chi connectivity index (χ3n) is 2.87. The predicted octanol–water partition coefficient (Wildman–Crippen LogP) is 0.525. The highest BCUT2D eigenvalue weighted by molar-refractivity contribution is 8.01. The molecule has 0 saturated carbocycles. The molecule has 9 heteroatoms. The zero-order valence-electron chi connectivity index (χ0n) is 11.6. The van der Waals surface area contributed by atoms with E-state index in [0.717, 1.165) is 0 Å². The van der Waals surface area contributed by atoms with Crippen molar-refractivity contribution in [2.24, 2.45) is 5.10 Å². The van der Waals surface area contributed by atoms with Crippen LogP contribution in [-0.4, -0.2) is 35.5 Å². The van der Waals surface area contributed by atoms with Crippen molar-refractivity contribution >= 4 is 29.5 Å². The van der Waals surface area contributed by atoms with Gasteiger partial charge in [-0.05, 0) is 19.1 Å². The Morgan fingerprint density at radius 1 is 1.59 bits per heavy atom. The van der Waals surface area contributed by atoms with E-state index in [1.54, 1.807) is 19.1 Å². The van der Waals surface area contributed by atoms with Crippen LogP contribution < -0.4 is 10.7 Å². The van der Waals surface area contributed by atoms with Crippen molar-refractivity contribution in [2.75, 3.05) is 12.4 Å². The highest BCUT2D eigenvalue weighted by Gasteiger charge is 2.36. The minimum atomic E-state index is -0.569. The van der Waals surface area contributed by atoms with Crippen LogP contribution in [0.15, 0.2) is 39.4 Å². The largest absolute Gasteiger partial charge is 0.462 e. The average molecular weight is 323 g/mol. The summed E-state index contributed by atoms with van der Waals surface area (Å²) in [5.41, 5.74) is 2.83. The molecule has 2 N–H and O–H groups in total. The van der Waals surface area contributed by atoms with Gasteiger partial charge in [0.25, 0.3) is 5.90 Å². The van der Waals surface area contributed by atoms with Crippen molar-refractivity contribution in [1.29, 1.82) is 0 Å². The van der Waals surface area contributed by atoms with Crippen molar-refractivity contribution in [3.8, 4) is 0 Å². The van der Waals surface area contributed by atoms with Crippen molar-refractivity contribution in [1.82, 2.24) is 10.7 Å². The van der Waals surface area contributed by atoms with Gasteiger partial charge in [-0.3, -0.25) is 4.79 Å². The van der Waals surface area contributed by atoms with Crippen LogP contribution in [-0.2, 0) is 19.1 Å². The highest BCUT2D eigenvalue weighted by Crippen LogP contribution is 2.27. The zero-order valence-corrected chi connectivity index (χ0v) is 12.4. The number of hydrogen-bond donors (Lipinski definition) is 2. The Morgan fingerprint density at radius 3 is 3.09 bits per heavy atom. The number of nitrogens with zero attached hydrogens (tertiary/aromatic N) is 1. The molecule has 0 radical (unpaired) electrons. The van der Waals surface area contributed by atoms with E-state index in [2.05, 4.69) is 15.8 Å². The van der Waals surface area contributed by atoms with Gasteiger partial charge < -0.3 is 19.2 Å². The van der Waals surface area contributed by atoms with E-state index in [1.807, 2.05) is 0 Å². The number of ether oxygens (including phenoxy) is 2. The molecule has 3 heterocycles. The topological polar surface area (TPSA) is 102 Å². The number of nitrogens with one attached hydrogen (secondary N) is 2. The fourth-order valence-corrected chi connectivity index (χ4v) is 2.92. The molecule has 0 aliphatic carbocycles. The van der Waals surface area contributed by atoms with Crippen molar-refractivity contribution in [2.45, 2.75) is 12.3 Å². The molecule has 2 aliphatic heterocycles. The van der Waals surface area contributed by atoms with Gasteiger partial charge in [-0.1, -0.05) is 0 Å². The molecule has 2 aliphatic rings. The van der Waals surface area contributed by atoms with Gasteiger partial charge in [0.05, 0.1) is 18.6 Å². The summed E-state index contributed by atoms with van der Waals surface area (Å²) in [5.74, 6) is 0.310. The van der Waals surface area contributed by atoms with Crippen LogP contribution in [0.25, 0.3) is 0 Å². The number of furan rings is 1. The van der Waals surface area contributed by atoms with Crippen LogP contribution >= 0.6 is 11.8 Å². The molecule has 1 aromatic rings. The Morgan fingerprint density at radius 2 is 2.45 bits per heavy atom. The van der Waals surface area contributed by atoms with E-state index in [4.69, 9.17) is 13.9 Å². The molecule has 22 heavy (non-hydrogen) atoms. The molecular weight excluding hydrogens is 310 g/mol. The summed E-state index contributed by atoms with van der Waals surface area (Å²) < 4.78 is 15.8. The summed E-state index contributed by atoms with van der Waals surface area (Å²) in [6.45, 7) is 1.92. The molecule has 3 rings (SSSR count). The van der Waals surface area contributed by atoms with Gasteiger partial charge in [0, 0.05) is 0 Å². The predicted molar refractivity (Wildman–Crippen MR) is 77.5 cm³/mol. The Hall–Kier alpha value is -2.42. The van der Waals surface area contributed by atoms with Crippen LogP contribution in [0, 0.1) is 0 Å². The van der Waals surface area contributed by atoms with E-state index in [0.29, 0.717) is 5.76 Å². The summed E-state index contributed by atoms with van der Waals surface area (Å²) in [5, 5.41) is 6.13. The Bertz CT molecular complexity index is 653. The first kappa shape index (κ1) is 14.5.